The molecule has 30 heavy (non-hydrogen) atoms. The zero-order valence-electron chi connectivity index (χ0n) is 16.4. The molecule has 0 fully saturated rings. The number of methoxy groups -OCH3 is 1. The van der Waals surface area contributed by atoms with Gasteiger partial charge in [-0.05, 0) is 25.3 Å². The van der Waals surface area contributed by atoms with E-state index in [1.54, 1.807) is 18.5 Å². The summed E-state index contributed by atoms with van der Waals surface area (Å²) in [5, 5.41) is 10.1. The third-order valence-electron chi connectivity index (χ3n) is 4.12. The fourth-order valence-corrected chi connectivity index (χ4v) is 3.91. The van der Waals surface area contributed by atoms with Crippen LogP contribution in [0.1, 0.15) is 17.3 Å². The van der Waals surface area contributed by atoms with Gasteiger partial charge in [0.1, 0.15) is 11.3 Å². The first-order valence-electron chi connectivity index (χ1n) is 8.96. The number of benzene rings is 1. The molecule has 0 aliphatic carbocycles. The molecule has 4 aromatic rings. The summed E-state index contributed by atoms with van der Waals surface area (Å²) in [5.74, 6) is 0.872. The molecule has 0 saturated carbocycles. The number of hydrogen-bond donors (Lipinski definition) is 1. The minimum absolute atomic E-state index is 0.223. The number of nitrogens with one attached hydrogen (secondary N) is 1. The first kappa shape index (κ1) is 20.1. The van der Waals surface area contributed by atoms with Gasteiger partial charge in [-0.2, -0.15) is 4.98 Å². The third-order valence-corrected chi connectivity index (χ3v) is 5.50. The van der Waals surface area contributed by atoms with Gasteiger partial charge < -0.3 is 14.8 Å². The van der Waals surface area contributed by atoms with Crippen molar-refractivity contribution in [2.75, 3.05) is 25.3 Å². The summed E-state index contributed by atoms with van der Waals surface area (Å²) in [6, 6.07) is 7.72. The number of hydrogen-bond acceptors (Lipinski definition) is 10. The normalized spacial score (nSPS) is 10.9. The molecule has 0 spiro atoms. The summed E-state index contributed by atoms with van der Waals surface area (Å²) in [7, 11) is 1.63. The summed E-state index contributed by atoms with van der Waals surface area (Å²) in [5.41, 5.74) is 2.06. The van der Waals surface area contributed by atoms with E-state index in [4.69, 9.17) is 9.47 Å². The average molecular weight is 443 g/mol. The van der Waals surface area contributed by atoms with E-state index in [-0.39, 0.29) is 12.2 Å². The number of thiazole rings is 1. The zero-order chi connectivity index (χ0) is 21.1. The number of thioether (sulfide) groups is 1. The van der Waals surface area contributed by atoms with Gasteiger partial charge in [0.2, 0.25) is 10.9 Å². The highest BCUT2D eigenvalue weighted by atomic mass is 32.2. The van der Waals surface area contributed by atoms with Gasteiger partial charge in [-0.25, -0.2) is 19.3 Å². The first-order chi connectivity index (χ1) is 14.6. The summed E-state index contributed by atoms with van der Waals surface area (Å²) in [4.78, 5) is 26.0. The summed E-state index contributed by atoms with van der Waals surface area (Å²) in [6.07, 6.45) is 3.30. The van der Waals surface area contributed by atoms with Crippen molar-refractivity contribution in [1.29, 1.82) is 0 Å². The highest BCUT2D eigenvalue weighted by molar-refractivity contribution is 7.98. The Hall–Kier alpha value is -3.18. The Balaban J connectivity index is 1.70. The quantitative estimate of drug-likeness (QED) is 0.259. The zero-order valence-corrected chi connectivity index (χ0v) is 18.1. The van der Waals surface area contributed by atoms with Crippen LogP contribution in [0.2, 0.25) is 0 Å². The van der Waals surface area contributed by atoms with Crippen LogP contribution in [0.15, 0.2) is 41.0 Å². The number of ether oxygens (including phenoxy) is 2. The molecular weight excluding hydrogens is 424 g/mol. The molecule has 154 valence electrons. The molecular formula is C19H18N6O3S2. The third kappa shape index (κ3) is 3.94. The number of carbonyl (C=O) groups is 1. The van der Waals surface area contributed by atoms with Crippen molar-refractivity contribution in [1.82, 2.24) is 24.6 Å². The maximum Gasteiger partial charge on any atom is 0.343 e. The number of carbonyl (C=O) groups excluding carboxylic acids is 1. The molecule has 9 nitrogen and oxygen atoms in total. The Morgan fingerprint density at radius 3 is 2.97 bits per heavy atom. The predicted octanol–water partition coefficient (Wildman–Crippen LogP) is 3.90. The fourth-order valence-electron chi connectivity index (χ4n) is 2.74. The van der Waals surface area contributed by atoms with Gasteiger partial charge in [-0.3, -0.25) is 0 Å². The molecule has 3 aromatic heterocycles. The lowest BCUT2D eigenvalue weighted by molar-refractivity contribution is 0.0526. The molecule has 11 heteroatoms. The highest BCUT2D eigenvalue weighted by Gasteiger charge is 2.19. The minimum atomic E-state index is -0.509. The topological polar surface area (TPSA) is 104 Å². The standard InChI is InChI=1S/C19H18N6O3S2/c1-4-28-16(26)13-9-20-18(29-3)22-15(13)21-17-23-19-25(24-17)14(10-30-19)11-6-5-7-12(8-11)27-2/h5-10H,4H2,1-3H3,(H,20,21,22,24). The maximum atomic E-state index is 12.3. The van der Waals surface area contributed by atoms with Crippen LogP contribution < -0.4 is 10.1 Å². The lowest BCUT2D eigenvalue weighted by Crippen LogP contribution is -2.11. The Kier molecular flexibility index (Phi) is 5.81. The fraction of sp³-hybridized carbons (Fsp3) is 0.211. The van der Waals surface area contributed by atoms with Crippen LogP contribution >= 0.6 is 23.1 Å². The molecule has 0 radical (unpaired) electrons. The summed E-state index contributed by atoms with van der Waals surface area (Å²) in [6.45, 7) is 2.00. The second-order valence-electron chi connectivity index (χ2n) is 5.95. The number of anilines is 2. The molecule has 0 bridgehead atoms. The number of aromatic nitrogens is 5. The molecule has 1 aromatic carbocycles. The van der Waals surface area contributed by atoms with Crippen LogP contribution in [0, 0.1) is 0 Å². The Morgan fingerprint density at radius 2 is 2.20 bits per heavy atom. The van der Waals surface area contributed by atoms with Gasteiger partial charge in [0.25, 0.3) is 0 Å². The van der Waals surface area contributed by atoms with Crippen molar-refractivity contribution in [2.24, 2.45) is 0 Å². The van der Waals surface area contributed by atoms with Gasteiger partial charge in [0.05, 0.1) is 19.4 Å². The monoisotopic (exact) mass is 442 g/mol. The van der Waals surface area contributed by atoms with E-state index < -0.39 is 5.97 Å². The van der Waals surface area contributed by atoms with Crippen LogP contribution in [0.4, 0.5) is 11.8 Å². The van der Waals surface area contributed by atoms with Crippen molar-refractivity contribution in [3.05, 3.63) is 41.4 Å². The van der Waals surface area contributed by atoms with Gasteiger partial charge in [0, 0.05) is 17.1 Å². The molecule has 1 N–H and O–H groups in total. The Morgan fingerprint density at radius 1 is 1.33 bits per heavy atom. The van der Waals surface area contributed by atoms with Crippen molar-refractivity contribution in [2.45, 2.75) is 12.1 Å². The molecule has 0 atom stereocenters. The highest BCUT2D eigenvalue weighted by Crippen LogP contribution is 2.29. The molecule has 0 aliphatic rings. The van der Waals surface area contributed by atoms with Gasteiger partial charge in [0.15, 0.2) is 11.0 Å². The van der Waals surface area contributed by atoms with Gasteiger partial charge in [-0.1, -0.05) is 23.9 Å². The Bertz CT molecular complexity index is 1210. The summed E-state index contributed by atoms with van der Waals surface area (Å²) >= 11 is 2.83. The van der Waals surface area contributed by atoms with Gasteiger partial charge in [-0.15, -0.1) is 16.4 Å². The molecule has 0 saturated heterocycles. The van der Waals surface area contributed by atoms with Crippen LogP contribution in [0.5, 0.6) is 5.75 Å². The van der Waals surface area contributed by atoms with Crippen LogP contribution in [-0.4, -0.2) is 50.5 Å². The average Bonchev–Trinajstić information content (AvgIpc) is 3.34. The molecule has 0 amide bonds. The molecule has 3 heterocycles. The largest absolute Gasteiger partial charge is 0.497 e. The van der Waals surface area contributed by atoms with Crippen LogP contribution in [0.3, 0.4) is 0 Å². The smallest absolute Gasteiger partial charge is 0.343 e. The van der Waals surface area contributed by atoms with Crippen molar-refractivity contribution in [3.63, 3.8) is 0 Å². The van der Waals surface area contributed by atoms with Gasteiger partial charge >= 0.3 is 5.97 Å². The van der Waals surface area contributed by atoms with Crippen molar-refractivity contribution < 1.29 is 14.3 Å². The second-order valence-corrected chi connectivity index (χ2v) is 7.56. The summed E-state index contributed by atoms with van der Waals surface area (Å²) < 4.78 is 12.2. The van der Waals surface area contributed by atoms with E-state index in [0.717, 1.165) is 17.0 Å². The molecule has 0 aliphatic heterocycles. The minimum Gasteiger partial charge on any atom is -0.497 e. The van der Waals surface area contributed by atoms with E-state index in [9.17, 15) is 4.79 Å². The predicted molar refractivity (Wildman–Crippen MR) is 116 cm³/mol. The van der Waals surface area contributed by atoms with Crippen LogP contribution in [0.25, 0.3) is 16.2 Å². The van der Waals surface area contributed by atoms with E-state index in [1.807, 2.05) is 35.9 Å². The van der Waals surface area contributed by atoms with Crippen molar-refractivity contribution in [3.8, 4) is 17.0 Å². The van der Waals surface area contributed by atoms with E-state index in [0.29, 0.717) is 21.9 Å². The van der Waals surface area contributed by atoms with Crippen molar-refractivity contribution >= 4 is 45.8 Å². The first-order valence-corrected chi connectivity index (χ1v) is 11.1. The van der Waals surface area contributed by atoms with E-state index >= 15 is 0 Å². The Labute approximate surface area is 180 Å². The SMILES string of the molecule is CCOC(=O)c1cnc(SC)nc1Nc1nc2scc(-c3cccc(OC)c3)n2n1. The lowest BCUT2D eigenvalue weighted by atomic mass is 10.2. The van der Waals surface area contributed by atoms with E-state index in [1.165, 1.54) is 29.3 Å². The molecule has 0 unspecified atom stereocenters. The van der Waals surface area contributed by atoms with Crippen LogP contribution in [-0.2, 0) is 4.74 Å². The maximum absolute atomic E-state index is 12.3. The number of esters is 1. The second kappa shape index (κ2) is 8.67. The van der Waals surface area contributed by atoms with E-state index in [2.05, 4.69) is 25.4 Å². The molecule has 4 rings (SSSR count). The number of nitrogens with zero attached hydrogens (tertiary/aromatic N) is 5. The lowest BCUT2D eigenvalue weighted by Gasteiger charge is -2.08. The number of rotatable bonds is 7. The number of fused-ring (bicyclic) bond motifs is 1.